The minimum absolute atomic E-state index is 0. The minimum atomic E-state index is 0. The summed E-state index contributed by atoms with van der Waals surface area (Å²) in [7, 11) is 0. The first-order valence-electron chi connectivity index (χ1n) is 9.06. The van der Waals surface area contributed by atoms with Gasteiger partial charge in [0.15, 0.2) is 5.96 Å². The number of aliphatic imine (C=N–C) groups is 1. The van der Waals surface area contributed by atoms with Crippen LogP contribution in [0, 0.1) is 5.92 Å². The van der Waals surface area contributed by atoms with E-state index in [1.807, 2.05) is 11.3 Å². The predicted molar refractivity (Wildman–Crippen MR) is 125 cm³/mol. The van der Waals surface area contributed by atoms with Gasteiger partial charge in [0.2, 0.25) is 0 Å². The number of guanidine groups is 1. The van der Waals surface area contributed by atoms with Gasteiger partial charge in [-0.2, -0.15) is 0 Å². The van der Waals surface area contributed by atoms with Crippen LogP contribution in [0.25, 0.3) is 0 Å². The molecule has 3 heterocycles. The molecule has 1 aliphatic heterocycles. The number of thiophene rings is 2. The molecule has 1 saturated heterocycles. The van der Waals surface area contributed by atoms with E-state index >= 15 is 0 Å². The maximum Gasteiger partial charge on any atom is 0.188 e. The number of hydrogen-bond donors (Lipinski definition) is 2. The summed E-state index contributed by atoms with van der Waals surface area (Å²) in [5.74, 6) is 1.40. The van der Waals surface area contributed by atoms with E-state index in [1.165, 1.54) is 22.6 Å². The Labute approximate surface area is 181 Å². The van der Waals surface area contributed by atoms with Gasteiger partial charge in [-0.15, -0.1) is 46.7 Å². The normalized spacial score (nSPS) is 17.7. The standard InChI is InChI=1S/C19H28N4S2.HI/c1-15-7-10-23(11-8-15)17(18-5-3-13-25-18)14-22-19(20)21-9-6-16-4-2-12-24-16;/h2-5,12-13,15,17H,6-11,14H2,1H3,(H3,20,21,22);1H. The second kappa shape index (κ2) is 11.3. The lowest BCUT2D eigenvalue weighted by molar-refractivity contribution is 0.143. The number of likely N-dealkylation sites (tertiary alicyclic amines) is 1. The Bertz CT molecular complexity index is 635. The monoisotopic (exact) mass is 504 g/mol. The van der Waals surface area contributed by atoms with Crippen molar-refractivity contribution in [1.82, 2.24) is 10.2 Å². The van der Waals surface area contributed by atoms with Crippen LogP contribution in [0.5, 0.6) is 0 Å². The van der Waals surface area contributed by atoms with Crippen molar-refractivity contribution >= 4 is 52.6 Å². The quantitative estimate of drug-likeness (QED) is 0.335. The fourth-order valence-electron chi connectivity index (χ4n) is 3.22. The highest BCUT2D eigenvalue weighted by Crippen LogP contribution is 2.29. The topological polar surface area (TPSA) is 53.6 Å². The van der Waals surface area contributed by atoms with Crippen molar-refractivity contribution in [3.05, 3.63) is 44.8 Å². The van der Waals surface area contributed by atoms with Crippen molar-refractivity contribution in [2.45, 2.75) is 32.2 Å². The summed E-state index contributed by atoms with van der Waals surface area (Å²) in [5.41, 5.74) is 6.09. The van der Waals surface area contributed by atoms with Gasteiger partial charge in [-0.3, -0.25) is 9.89 Å². The van der Waals surface area contributed by atoms with Crippen LogP contribution in [0.1, 0.15) is 35.6 Å². The Morgan fingerprint density at radius 2 is 2.00 bits per heavy atom. The van der Waals surface area contributed by atoms with Crippen molar-refractivity contribution < 1.29 is 0 Å². The summed E-state index contributed by atoms with van der Waals surface area (Å²) >= 11 is 3.61. The van der Waals surface area contributed by atoms with E-state index in [0.29, 0.717) is 12.0 Å². The van der Waals surface area contributed by atoms with Crippen molar-refractivity contribution in [2.75, 3.05) is 26.2 Å². The van der Waals surface area contributed by atoms with Crippen LogP contribution in [0.2, 0.25) is 0 Å². The van der Waals surface area contributed by atoms with Gasteiger partial charge >= 0.3 is 0 Å². The summed E-state index contributed by atoms with van der Waals surface area (Å²) < 4.78 is 0. The van der Waals surface area contributed by atoms with E-state index < -0.39 is 0 Å². The smallest absolute Gasteiger partial charge is 0.188 e. The summed E-state index contributed by atoms with van der Waals surface area (Å²) in [6, 6.07) is 8.95. The van der Waals surface area contributed by atoms with E-state index in [0.717, 1.165) is 38.5 Å². The van der Waals surface area contributed by atoms with Crippen LogP contribution in [0.15, 0.2) is 40.0 Å². The molecule has 3 rings (SSSR count). The molecule has 0 radical (unpaired) electrons. The van der Waals surface area contributed by atoms with Crippen LogP contribution in [0.3, 0.4) is 0 Å². The van der Waals surface area contributed by atoms with Gasteiger partial charge in [-0.25, -0.2) is 0 Å². The van der Waals surface area contributed by atoms with Gasteiger partial charge < -0.3 is 11.1 Å². The molecule has 7 heteroatoms. The lowest BCUT2D eigenvalue weighted by Gasteiger charge is -2.35. The number of nitrogens with zero attached hydrogens (tertiary/aromatic N) is 2. The van der Waals surface area contributed by atoms with Gasteiger partial charge in [0.05, 0.1) is 12.6 Å². The average molecular weight is 505 g/mol. The van der Waals surface area contributed by atoms with E-state index in [2.05, 4.69) is 57.2 Å². The summed E-state index contributed by atoms with van der Waals surface area (Å²) in [4.78, 5) is 9.99. The lowest BCUT2D eigenvalue weighted by Crippen LogP contribution is -2.38. The predicted octanol–water partition coefficient (Wildman–Crippen LogP) is 4.35. The number of halogens is 1. The molecule has 0 aromatic carbocycles. The van der Waals surface area contributed by atoms with Crippen LogP contribution in [-0.4, -0.2) is 37.0 Å². The van der Waals surface area contributed by atoms with Gasteiger partial charge in [0.25, 0.3) is 0 Å². The molecule has 3 N–H and O–H groups in total. The average Bonchev–Trinajstić information content (AvgIpc) is 3.30. The lowest BCUT2D eigenvalue weighted by atomic mass is 9.97. The molecule has 0 spiro atoms. The number of nitrogens with two attached hydrogens (primary N) is 1. The maximum atomic E-state index is 6.09. The first-order chi connectivity index (χ1) is 12.2. The van der Waals surface area contributed by atoms with Crippen molar-refractivity contribution in [2.24, 2.45) is 16.6 Å². The molecule has 1 unspecified atom stereocenters. The maximum absolute atomic E-state index is 6.09. The highest BCUT2D eigenvalue weighted by atomic mass is 127. The third kappa shape index (κ3) is 6.51. The number of piperidine rings is 1. The molecule has 144 valence electrons. The third-order valence-corrected chi connectivity index (χ3v) is 6.73. The first kappa shape index (κ1) is 21.7. The Kier molecular flexibility index (Phi) is 9.38. The largest absolute Gasteiger partial charge is 0.370 e. The van der Waals surface area contributed by atoms with Gasteiger partial charge in [0.1, 0.15) is 0 Å². The fraction of sp³-hybridized carbons (Fsp3) is 0.526. The van der Waals surface area contributed by atoms with Crippen LogP contribution < -0.4 is 11.1 Å². The molecule has 0 amide bonds. The molecule has 4 nitrogen and oxygen atoms in total. The Hall–Kier alpha value is -0.640. The Morgan fingerprint density at radius 1 is 1.27 bits per heavy atom. The fourth-order valence-corrected chi connectivity index (χ4v) is 4.78. The third-order valence-electron chi connectivity index (χ3n) is 4.82. The molecule has 0 saturated carbocycles. The molecule has 26 heavy (non-hydrogen) atoms. The molecule has 2 aromatic heterocycles. The highest BCUT2D eigenvalue weighted by Gasteiger charge is 2.25. The highest BCUT2D eigenvalue weighted by molar-refractivity contribution is 14.0. The minimum Gasteiger partial charge on any atom is -0.370 e. The molecular weight excluding hydrogens is 475 g/mol. The second-order valence-corrected chi connectivity index (χ2v) is 8.74. The van der Waals surface area contributed by atoms with E-state index in [4.69, 9.17) is 5.73 Å². The van der Waals surface area contributed by atoms with Crippen molar-refractivity contribution in [3.63, 3.8) is 0 Å². The number of nitrogens with one attached hydrogen (secondary N) is 1. The van der Waals surface area contributed by atoms with Crippen LogP contribution in [-0.2, 0) is 6.42 Å². The molecule has 1 aliphatic rings. The van der Waals surface area contributed by atoms with E-state index in [-0.39, 0.29) is 24.0 Å². The molecule has 1 fully saturated rings. The Balaban J connectivity index is 0.00000243. The summed E-state index contributed by atoms with van der Waals surface area (Å²) in [6.07, 6.45) is 3.55. The zero-order valence-corrected chi connectivity index (χ0v) is 19.2. The molecule has 0 bridgehead atoms. The second-order valence-electron chi connectivity index (χ2n) is 6.73. The number of rotatable bonds is 7. The zero-order valence-electron chi connectivity index (χ0n) is 15.3. The van der Waals surface area contributed by atoms with Crippen LogP contribution in [0.4, 0.5) is 0 Å². The van der Waals surface area contributed by atoms with Gasteiger partial charge in [0, 0.05) is 16.3 Å². The number of hydrogen-bond acceptors (Lipinski definition) is 4. The van der Waals surface area contributed by atoms with E-state index in [1.54, 1.807) is 11.3 Å². The van der Waals surface area contributed by atoms with Crippen LogP contribution >= 0.6 is 46.7 Å². The van der Waals surface area contributed by atoms with Crippen molar-refractivity contribution in [3.8, 4) is 0 Å². The molecule has 1 atom stereocenters. The molecular formula is C19H29IN4S2. The molecule has 0 aliphatic carbocycles. The zero-order chi connectivity index (χ0) is 17.5. The van der Waals surface area contributed by atoms with Gasteiger partial charge in [-0.1, -0.05) is 19.1 Å². The SMILES string of the molecule is CC1CCN(C(CN=C(N)NCCc2cccs2)c2cccs2)CC1.I. The first-order valence-corrected chi connectivity index (χ1v) is 10.8. The summed E-state index contributed by atoms with van der Waals surface area (Å²) in [6.45, 7) is 6.23. The van der Waals surface area contributed by atoms with Crippen molar-refractivity contribution in [1.29, 1.82) is 0 Å². The van der Waals surface area contributed by atoms with E-state index in [9.17, 15) is 0 Å². The molecule has 2 aromatic rings. The summed E-state index contributed by atoms with van der Waals surface area (Å²) in [5, 5.41) is 7.51. The van der Waals surface area contributed by atoms with Gasteiger partial charge in [-0.05, 0) is 61.2 Å². The Morgan fingerprint density at radius 3 is 2.65 bits per heavy atom.